The average molecular weight is 354 g/mol. The largest absolute Gasteiger partial charge is 0.459 e. The molecule has 0 saturated heterocycles. The molecule has 1 aliphatic rings. The van der Waals surface area contributed by atoms with Gasteiger partial charge >= 0.3 is 5.97 Å². The smallest absolute Gasteiger partial charge is 0.333 e. The van der Waals surface area contributed by atoms with Crippen LogP contribution in [0.4, 0.5) is 0 Å². The number of carbonyl (C=O) groups excluding carboxylic acids is 1. The van der Waals surface area contributed by atoms with Gasteiger partial charge in [-0.1, -0.05) is 32.9 Å². The molecule has 1 unspecified atom stereocenters. The highest BCUT2D eigenvalue weighted by atomic mass is 16.5. The Bertz CT molecular complexity index is 494. The van der Waals surface area contributed by atoms with Gasteiger partial charge < -0.3 is 20.1 Å². The van der Waals surface area contributed by atoms with Crippen molar-refractivity contribution in [2.75, 3.05) is 6.61 Å². The van der Waals surface area contributed by atoms with Gasteiger partial charge in [-0.3, -0.25) is 0 Å². The van der Waals surface area contributed by atoms with E-state index in [9.17, 15) is 20.1 Å². The van der Waals surface area contributed by atoms with Crippen LogP contribution in [0.15, 0.2) is 23.3 Å². The van der Waals surface area contributed by atoms with E-state index in [1.54, 1.807) is 19.9 Å². The molecule has 0 bridgehead atoms. The summed E-state index contributed by atoms with van der Waals surface area (Å²) in [7, 11) is 0. The van der Waals surface area contributed by atoms with Crippen LogP contribution in [0.3, 0.4) is 0 Å². The van der Waals surface area contributed by atoms with Crippen molar-refractivity contribution in [2.45, 2.75) is 72.2 Å². The molecule has 3 N–H and O–H groups in total. The molecule has 0 aromatic rings. The van der Waals surface area contributed by atoms with Gasteiger partial charge in [0.05, 0.1) is 18.8 Å². The first-order valence-corrected chi connectivity index (χ1v) is 9.20. The molecule has 144 valence electrons. The van der Waals surface area contributed by atoms with Crippen molar-refractivity contribution in [2.24, 2.45) is 17.8 Å². The summed E-state index contributed by atoms with van der Waals surface area (Å²) >= 11 is 0. The van der Waals surface area contributed by atoms with Crippen LogP contribution in [-0.4, -0.2) is 46.2 Å². The van der Waals surface area contributed by atoms with Crippen molar-refractivity contribution in [1.29, 1.82) is 0 Å². The number of hydrogen-bond donors (Lipinski definition) is 3. The van der Waals surface area contributed by atoms with Crippen LogP contribution >= 0.6 is 0 Å². The molecule has 0 aliphatic heterocycles. The Morgan fingerprint density at radius 1 is 1.36 bits per heavy atom. The summed E-state index contributed by atoms with van der Waals surface area (Å²) in [5, 5.41) is 30.7. The molecular weight excluding hydrogens is 320 g/mol. The van der Waals surface area contributed by atoms with Gasteiger partial charge in [0.25, 0.3) is 0 Å². The Morgan fingerprint density at radius 2 is 2.00 bits per heavy atom. The third-order valence-electron chi connectivity index (χ3n) is 5.24. The average Bonchev–Trinajstić information content (AvgIpc) is 2.56. The SMILES string of the molecule is C/C=C(\C)C(=O)O[C@H]1C[C@@H](C)[C@@H](O)C/C=C(/CO)C[C@H](O)C1C(C)C. The summed E-state index contributed by atoms with van der Waals surface area (Å²) in [5.74, 6) is -0.660. The van der Waals surface area contributed by atoms with Crippen molar-refractivity contribution in [3.05, 3.63) is 23.3 Å². The maximum absolute atomic E-state index is 12.3. The maximum Gasteiger partial charge on any atom is 0.333 e. The van der Waals surface area contributed by atoms with E-state index in [0.717, 1.165) is 0 Å². The second-order valence-corrected chi connectivity index (χ2v) is 7.54. The molecule has 5 heteroatoms. The minimum absolute atomic E-state index is 0.0856. The van der Waals surface area contributed by atoms with Crippen LogP contribution in [0, 0.1) is 17.8 Å². The predicted molar refractivity (Wildman–Crippen MR) is 97.8 cm³/mol. The lowest BCUT2D eigenvalue weighted by Crippen LogP contribution is -2.41. The first-order valence-electron chi connectivity index (χ1n) is 9.20. The molecule has 0 aromatic heterocycles. The van der Waals surface area contributed by atoms with Crippen LogP contribution in [-0.2, 0) is 9.53 Å². The summed E-state index contributed by atoms with van der Waals surface area (Å²) in [6, 6.07) is 0. The van der Waals surface area contributed by atoms with Gasteiger partial charge in [0.15, 0.2) is 0 Å². The third-order valence-corrected chi connectivity index (χ3v) is 5.24. The first kappa shape index (κ1) is 21.9. The van der Waals surface area contributed by atoms with E-state index in [2.05, 4.69) is 0 Å². The quantitative estimate of drug-likeness (QED) is 0.410. The van der Waals surface area contributed by atoms with Crippen molar-refractivity contribution in [3.63, 3.8) is 0 Å². The molecule has 0 amide bonds. The fraction of sp³-hybridized carbons (Fsp3) is 0.750. The highest BCUT2D eigenvalue weighted by Gasteiger charge is 2.36. The number of carbonyl (C=O) groups is 1. The summed E-state index contributed by atoms with van der Waals surface area (Å²) in [4.78, 5) is 12.3. The fourth-order valence-electron chi connectivity index (χ4n) is 3.41. The number of ether oxygens (including phenoxy) is 1. The molecule has 5 atom stereocenters. The van der Waals surface area contributed by atoms with Gasteiger partial charge in [-0.15, -0.1) is 0 Å². The van der Waals surface area contributed by atoms with E-state index in [4.69, 9.17) is 4.74 Å². The van der Waals surface area contributed by atoms with Gasteiger partial charge in [0, 0.05) is 11.5 Å². The second-order valence-electron chi connectivity index (χ2n) is 7.54. The number of esters is 1. The zero-order valence-electron chi connectivity index (χ0n) is 16.1. The Balaban J connectivity index is 3.18. The normalized spacial score (nSPS) is 34.4. The topological polar surface area (TPSA) is 87.0 Å². The van der Waals surface area contributed by atoms with Crippen LogP contribution in [0.2, 0.25) is 0 Å². The molecule has 1 aliphatic carbocycles. The minimum atomic E-state index is -0.718. The van der Waals surface area contributed by atoms with Crippen molar-refractivity contribution < 1.29 is 24.9 Å². The summed E-state index contributed by atoms with van der Waals surface area (Å²) < 4.78 is 5.75. The highest BCUT2D eigenvalue weighted by Crippen LogP contribution is 2.32. The van der Waals surface area contributed by atoms with Gasteiger partial charge in [-0.25, -0.2) is 4.79 Å². The molecule has 25 heavy (non-hydrogen) atoms. The van der Waals surface area contributed by atoms with E-state index in [1.165, 1.54) is 0 Å². The summed E-state index contributed by atoms with van der Waals surface area (Å²) in [5.41, 5.74) is 1.24. The first-order chi connectivity index (χ1) is 11.7. The molecule has 0 aromatic carbocycles. The Morgan fingerprint density at radius 3 is 2.52 bits per heavy atom. The summed E-state index contributed by atoms with van der Waals surface area (Å²) in [6.45, 7) is 9.24. The molecule has 0 radical (unpaired) electrons. The van der Waals surface area contributed by atoms with E-state index >= 15 is 0 Å². The number of aliphatic hydroxyl groups excluding tert-OH is 3. The molecule has 0 saturated carbocycles. The van der Waals surface area contributed by atoms with Crippen molar-refractivity contribution in [1.82, 2.24) is 0 Å². The molecule has 0 fully saturated rings. The van der Waals surface area contributed by atoms with Crippen LogP contribution < -0.4 is 0 Å². The Labute approximate surface area is 151 Å². The summed E-state index contributed by atoms with van der Waals surface area (Å²) in [6.07, 6.45) is 2.97. The minimum Gasteiger partial charge on any atom is -0.459 e. The highest BCUT2D eigenvalue weighted by molar-refractivity contribution is 5.87. The van der Waals surface area contributed by atoms with Gasteiger partial charge in [0.2, 0.25) is 0 Å². The number of rotatable bonds is 4. The van der Waals surface area contributed by atoms with Crippen LogP contribution in [0.25, 0.3) is 0 Å². The number of hydrogen-bond acceptors (Lipinski definition) is 5. The van der Waals surface area contributed by atoms with Crippen molar-refractivity contribution in [3.8, 4) is 0 Å². The zero-order valence-corrected chi connectivity index (χ0v) is 16.1. The van der Waals surface area contributed by atoms with Crippen LogP contribution in [0.1, 0.15) is 53.9 Å². The number of allylic oxidation sites excluding steroid dienone is 1. The number of aliphatic hydroxyl groups is 3. The van der Waals surface area contributed by atoms with Gasteiger partial charge in [-0.05, 0) is 50.5 Å². The monoisotopic (exact) mass is 354 g/mol. The van der Waals surface area contributed by atoms with Crippen molar-refractivity contribution >= 4 is 5.97 Å². The van der Waals surface area contributed by atoms with E-state index in [-0.39, 0.29) is 30.3 Å². The zero-order chi connectivity index (χ0) is 19.1. The van der Waals surface area contributed by atoms with E-state index in [0.29, 0.717) is 30.4 Å². The Kier molecular flexibility index (Phi) is 8.83. The lowest BCUT2D eigenvalue weighted by atomic mass is 9.77. The second kappa shape index (κ2) is 10.1. The maximum atomic E-state index is 12.3. The van der Waals surface area contributed by atoms with Crippen LogP contribution in [0.5, 0.6) is 0 Å². The van der Waals surface area contributed by atoms with E-state index in [1.807, 2.05) is 26.8 Å². The van der Waals surface area contributed by atoms with Gasteiger partial charge in [0.1, 0.15) is 6.10 Å². The predicted octanol–water partition coefficient (Wildman–Crippen LogP) is 2.60. The lowest BCUT2D eigenvalue weighted by Gasteiger charge is -2.36. The molecule has 0 spiro atoms. The lowest BCUT2D eigenvalue weighted by molar-refractivity contribution is -0.153. The Hall–Kier alpha value is -1.17. The third kappa shape index (κ3) is 6.24. The molecule has 1 rings (SSSR count). The molecule has 0 heterocycles. The standard InChI is InChI=1S/C20H34O5/c1-6-13(4)20(24)25-18-9-14(5)16(22)8-7-15(11-21)10-17(23)19(18)12(2)3/h6-7,12,14,16-19,21-23H,8-11H2,1-5H3/b13-6+,15-7+/t14-,16+,17+,18+,19?/m1/s1. The van der Waals surface area contributed by atoms with E-state index < -0.39 is 18.3 Å². The molecular formula is C20H34O5. The fourth-order valence-corrected chi connectivity index (χ4v) is 3.41. The van der Waals surface area contributed by atoms with Gasteiger partial charge in [-0.2, -0.15) is 0 Å². The molecule has 5 nitrogen and oxygen atoms in total.